The molecule has 0 aliphatic heterocycles. The third-order valence-electron chi connectivity index (χ3n) is 3.44. The van der Waals surface area contributed by atoms with Crippen molar-refractivity contribution in [1.82, 2.24) is 0 Å². The van der Waals surface area contributed by atoms with Crippen molar-refractivity contribution in [1.29, 1.82) is 0 Å². The predicted octanol–water partition coefficient (Wildman–Crippen LogP) is 4.41. The monoisotopic (exact) mass is 310 g/mol. The van der Waals surface area contributed by atoms with Crippen LogP contribution in [0.2, 0.25) is 5.02 Å². The van der Waals surface area contributed by atoms with Gasteiger partial charge in [-0.2, -0.15) is 0 Å². The highest BCUT2D eigenvalue weighted by Gasteiger charge is 2.19. The summed E-state index contributed by atoms with van der Waals surface area (Å²) < 4.78 is 0. The lowest BCUT2D eigenvalue weighted by atomic mass is 10.2. The van der Waals surface area contributed by atoms with Gasteiger partial charge in [0.25, 0.3) is 0 Å². The van der Waals surface area contributed by atoms with Crippen molar-refractivity contribution in [2.75, 3.05) is 0 Å². The van der Waals surface area contributed by atoms with Crippen molar-refractivity contribution in [3.63, 3.8) is 0 Å². The molecular weight excluding hydrogens is 295 g/mol. The van der Waals surface area contributed by atoms with Crippen LogP contribution < -0.4 is 15.9 Å². The number of halogens is 1. The van der Waals surface area contributed by atoms with E-state index in [4.69, 9.17) is 11.6 Å². The van der Waals surface area contributed by atoms with Gasteiger partial charge in [0.2, 0.25) is 0 Å². The van der Waals surface area contributed by atoms with Crippen molar-refractivity contribution < 1.29 is 0 Å². The van der Waals surface area contributed by atoms with Crippen LogP contribution in [0.15, 0.2) is 78.9 Å². The zero-order valence-electron chi connectivity index (χ0n) is 11.8. The summed E-state index contributed by atoms with van der Waals surface area (Å²) in [7, 11) is -0.615. The topological polar surface area (TPSA) is 0 Å². The number of aryl methyl sites for hydroxylation is 1. The molecule has 104 valence electrons. The summed E-state index contributed by atoms with van der Waals surface area (Å²) in [5, 5.41) is 4.76. The van der Waals surface area contributed by atoms with Gasteiger partial charge in [-0.15, -0.1) is 0 Å². The molecule has 3 aromatic rings. The van der Waals surface area contributed by atoms with Crippen LogP contribution in [0.4, 0.5) is 0 Å². The molecule has 0 amide bonds. The molecule has 0 heterocycles. The van der Waals surface area contributed by atoms with Crippen LogP contribution >= 0.6 is 19.5 Å². The lowest BCUT2D eigenvalue weighted by molar-refractivity contribution is 1.49. The van der Waals surface area contributed by atoms with Gasteiger partial charge in [0.05, 0.1) is 5.02 Å². The molecule has 3 rings (SSSR count). The predicted molar refractivity (Wildman–Crippen MR) is 94.9 cm³/mol. The summed E-state index contributed by atoms with van der Waals surface area (Å²) >= 11 is 6.60. The SMILES string of the molecule is Cc1cccc(P(c2ccccc2)c2ccccc2)c1Cl. The fourth-order valence-corrected chi connectivity index (χ4v) is 5.17. The molecule has 0 nitrogen and oxygen atoms in total. The number of benzene rings is 3. The van der Waals surface area contributed by atoms with Gasteiger partial charge in [-0.3, -0.25) is 0 Å². The zero-order valence-corrected chi connectivity index (χ0v) is 13.5. The van der Waals surface area contributed by atoms with Crippen LogP contribution in [0, 0.1) is 6.92 Å². The molecule has 3 aromatic carbocycles. The molecule has 0 saturated carbocycles. The van der Waals surface area contributed by atoms with Crippen molar-refractivity contribution in [2.45, 2.75) is 6.92 Å². The van der Waals surface area contributed by atoms with Gasteiger partial charge in [0.1, 0.15) is 0 Å². The second-order valence-corrected chi connectivity index (χ2v) is 7.48. The molecule has 0 radical (unpaired) electrons. The molecule has 0 aliphatic carbocycles. The fraction of sp³-hybridized carbons (Fsp3) is 0.0526. The Morgan fingerprint density at radius 3 is 1.71 bits per heavy atom. The average molecular weight is 311 g/mol. The van der Waals surface area contributed by atoms with Gasteiger partial charge in [-0.05, 0) is 31.0 Å². The molecule has 0 atom stereocenters. The first-order chi connectivity index (χ1) is 10.3. The minimum Gasteiger partial charge on any atom is -0.0833 e. The molecule has 0 spiro atoms. The molecule has 0 saturated heterocycles. The van der Waals surface area contributed by atoms with Gasteiger partial charge in [-0.1, -0.05) is 90.5 Å². The van der Waals surface area contributed by atoms with Gasteiger partial charge < -0.3 is 0 Å². The zero-order chi connectivity index (χ0) is 14.7. The van der Waals surface area contributed by atoms with E-state index in [-0.39, 0.29) is 0 Å². The molecule has 0 aromatic heterocycles. The van der Waals surface area contributed by atoms with Crippen LogP contribution in [0.5, 0.6) is 0 Å². The quantitative estimate of drug-likeness (QED) is 0.629. The van der Waals surface area contributed by atoms with E-state index in [0.717, 1.165) is 10.6 Å². The summed E-state index contributed by atoms with van der Waals surface area (Å²) in [4.78, 5) is 0. The van der Waals surface area contributed by atoms with Crippen LogP contribution in [0.1, 0.15) is 5.56 Å². The van der Waals surface area contributed by atoms with Crippen molar-refractivity contribution in [3.8, 4) is 0 Å². The van der Waals surface area contributed by atoms with E-state index in [9.17, 15) is 0 Å². The number of hydrogen-bond donors (Lipinski definition) is 0. The first kappa shape index (κ1) is 14.3. The van der Waals surface area contributed by atoms with Crippen LogP contribution in [0.25, 0.3) is 0 Å². The number of hydrogen-bond acceptors (Lipinski definition) is 0. The Kier molecular flexibility index (Phi) is 4.39. The maximum Gasteiger partial charge on any atom is 0.0518 e. The van der Waals surface area contributed by atoms with Gasteiger partial charge in [0.15, 0.2) is 0 Å². The Labute approximate surface area is 132 Å². The van der Waals surface area contributed by atoms with Gasteiger partial charge in [0, 0.05) is 5.30 Å². The fourth-order valence-electron chi connectivity index (χ4n) is 2.39. The molecular formula is C19H16ClP. The first-order valence-electron chi connectivity index (χ1n) is 6.93. The van der Waals surface area contributed by atoms with Crippen molar-refractivity contribution >= 4 is 35.4 Å². The summed E-state index contributed by atoms with van der Waals surface area (Å²) in [6.45, 7) is 2.06. The number of rotatable bonds is 3. The second kappa shape index (κ2) is 6.43. The highest BCUT2D eigenvalue weighted by atomic mass is 35.5. The van der Waals surface area contributed by atoms with E-state index in [1.54, 1.807) is 0 Å². The second-order valence-electron chi connectivity index (χ2n) is 4.91. The van der Waals surface area contributed by atoms with E-state index in [1.807, 2.05) is 0 Å². The van der Waals surface area contributed by atoms with Crippen molar-refractivity contribution in [3.05, 3.63) is 89.4 Å². The molecule has 0 unspecified atom stereocenters. The average Bonchev–Trinajstić information content (AvgIpc) is 2.54. The van der Waals surface area contributed by atoms with E-state index < -0.39 is 7.92 Å². The Balaban J connectivity index is 2.20. The molecule has 0 fully saturated rings. The summed E-state index contributed by atoms with van der Waals surface area (Å²) in [6, 6.07) is 27.6. The normalized spacial score (nSPS) is 10.8. The third-order valence-corrected chi connectivity index (χ3v) is 6.56. The van der Waals surface area contributed by atoms with Crippen molar-refractivity contribution in [2.24, 2.45) is 0 Å². The Morgan fingerprint density at radius 2 is 1.19 bits per heavy atom. The molecule has 0 aliphatic rings. The molecule has 0 bridgehead atoms. The van der Waals surface area contributed by atoms with Crippen LogP contribution in [-0.4, -0.2) is 0 Å². The maximum absolute atomic E-state index is 6.60. The first-order valence-corrected chi connectivity index (χ1v) is 8.64. The summed E-state index contributed by atoms with van der Waals surface area (Å²) in [5.41, 5.74) is 1.13. The molecule has 21 heavy (non-hydrogen) atoms. The lowest BCUT2D eigenvalue weighted by Gasteiger charge is -2.21. The largest absolute Gasteiger partial charge is 0.0833 e. The maximum atomic E-state index is 6.60. The van der Waals surface area contributed by atoms with E-state index in [1.165, 1.54) is 15.9 Å². The minimum atomic E-state index is -0.615. The highest BCUT2D eigenvalue weighted by Crippen LogP contribution is 2.36. The lowest BCUT2D eigenvalue weighted by Crippen LogP contribution is -2.21. The van der Waals surface area contributed by atoms with Crippen LogP contribution in [-0.2, 0) is 0 Å². The minimum absolute atomic E-state index is 0.615. The Hall–Kier alpha value is -1.62. The van der Waals surface area contributed by atoms with Gasteiger partial charge >= 0.3 is 0 Å². The Bertz CT molecular complexity index is 684. The van der Waals surface area contributed by atoms with E-state index >= 15 is 0 Å². The van der Waals surface area contributed by atoms with Gasteiger partial charge in [-0.25, -0.2) is 0 Å². The van der Waals surface area contributed by atoms with Crippen LogP contribution in [0.3, 0.4) is 0 Å². The Morgan fingerprint density at radius 1 is 0.667 bits per heavy atom. The standard InChI is InChI=1S/C19H16ClP/c1-15-9-8-14-18(19(15)20)21(16-10-4-2-5-11-16)17-12-6-3-7-13-17/h2-14H,1H3. The smallest absolute Gasteiger partial charge is 0.0518 e. The molecule has 0 N–H and O–H groups in total. The van der Waals surface area contributed by atoms with E-state index in [0.29, 0.717) is 0 Å². The molecule has 2 heteroatoms. The summed E-state index contributed by atoms with van der Waals surface area (Å²) in [6.07, 6.45) is 0. The summed E-state index contributed by atoms with van der Waals surface area (Å²) in [5.74, 6) is 0. The van der Waals surface area contributed by atoms with E-state index in [2.05, 4.69) is 85.8 Å². The third kappa shape index (κ3) is 3.02. The highest BCUT2D eigenvalue weighted by molar-refractivity contribution is 7.80.